The first-order valence-corrected chi connectivity index (χ1v) is 9.64. The van der Waals surface area contributed by atoms with Gasteiger partial charge in [0.15, 0.2) is 0 Å². The largest absolute Gasteiger partial charge is 0.399 e. The van der Waals surface area contributed by atoms with Crippen LogP contribution in [0.4, 0.5) is 0 Å². The van der Waals surface area contributed by atoms with E-state index >= 15 is 0 Å². The molecule has 136 valence electrons. The van der Waals surface area contributed by atoms with Crippen LogP contribution in [-0.2, 0) is 9.78 Å². The van der Waals surface area contributed by atoms with E-state index in [0.717, 1.165) is 64.2 Å². The molecule has 1 spiro atoms. The molecule has 2 aromatic rings. The molecular formula is C22H24ClNO2. The predicted octanol–water partition coefficient (Wildman–Crippen LogP) is 5.65. The van der Waals surface area contributed by atoms with Crippen molar-refractivity contribution in [3.8, 4) is 11.1 Å². The summed E-state index contributed by atoms with van der Waals surface area (Å²) in [4.78, 5) is 11.2. The zero-order chi connectivity index (χ0) is 18.1. The van der Waals surface area contributed by atoms with Gasteiger partial charge < -0.3 is 5.73 Å². The Balaban J connectivity index is 1.78. The highest BCUT2D eigenvalue weighted by Crippen LogP contribution is 2.43. The third-order valence-corrected chi connectivity index (χ3v) is 5.94. The van der Waals surface area contributed by atoms with Crippen LogP contribution in [0.15, 0.2) is 48.2 Å². The molecular weight excluding hydrogens is 346 g/mol. The van der Waals surface area contributed by atoms with Crippen molar-refractivity contribution in [3.05, 3.63) is 64.3 Å². The van der Waals surface area contributed by atoms with Crippen molar-refractivity contribution in [2.45, 2.75) is 44.6 Å². The van der Waals surface area contributed by atoms with E-state index in [-0.39, 0.29) is 0 Å². The maximum absolute atomic E-state index is 6.64. The summed E-state index contributed by atoms with van der Waals surface area (Å²) in [7, 11) is 0. The van der Waals surface area contributed by atoms with Crippen LogP contribution in [0.5, 0.6) is 0 Å². The number of hydrogen-bond donors (Lipinski definition) is 1. The summed E-state index contributed by atoms with van der Waals surface area (Å²) in [5, 5.41) is 0.723. The van der Waals surface area contributed by atoms with E-state index in [4.69, 9.17) is 27.1 Å². The summed E-state index contributed by atoms with van der Waals surface area (Å²) in [5.41, 5.74) is 12.3. The molecule has 4 rings (SSSR count). The van der Waals surface area contributed by atoms with E-state index < -0.39 is 5.60 Å². The van der Waals surface area contributed by atoms with E-state index in [2.05, 4.69) is 25.1 Å². The second kappa shape index (κ2) is 7.07. The van der Waals surface area contributed by atoms with Gasteiger partial charge in [0.05, 0.1) is 5.70 Å². The Bertz CT molecular complexity index is 839. The van der Waals surface area contributed by atoms with Crippen LogP contribution < -0.4 is 5.73 Å². The van der Waals surface area contributed by atoms with E-state index in [1.807, 2.05) is 24.3 Å². The molecule has 1 fully saturated rings. The van der Waals surface area contributed by atoms with Crippen molar-refractivity contribution in [2.75, 3.05) is 6.61 Å². The number of halogens is 1. The summed E-state index contributed by atoms with van der Waals surface area (Å²) >= 11 is 6.64. The minimum Gasteiger partial charge on any atom is -0.399 e. The Hall–Kier alpha value is -1.81. The molecule has 2 aromatic carbocycles. The molecule has 3 nitrogen and oxygen atoms in total. The summed E-state index contributed by atoms with van der Waals surface area (Å²) in [6, 6.07) is 14.4. The molecule has 0 amide bonds. The maximum atomic E-state index is 6.64. The van der Waals surface area contributed by atoms with Gasteiger partial charge in [0.25, 0.3) is 0 Å². The van der Waals surface area contributed by atoms with Gasteiger partial charge in [0.2, 0.25) is 0 Å². The monoisotopic (exact) mass is 369 g/mol. The van der Waals surface area contributed by atoms with Gasteiger partial charge >= 0.3 is 0 Å². The number of benzene rings is 2. The quantitative estimate of drug-likeness (QED) is 0.695. The summed E-state index contributed by atoms with van der Waals surface area (Å²) < 4.78 is 0. The molecule has 0 bridgehead atoms. The number of rotatable bonds is 2. The van der Waals surface area contributed by atoms with Crippen LogP contribution in [0, 0.1) is 6.92 Å². The van der Waals surface area contributed by atoms with Crippen LogP contribution >= 0.6 is 11.6 Å². The maximum Gasteiger partial charge on any atom is 0.143 e. The Morgan fingerprint density at radius 3 is 2.46 bits per heavy atom. The van der Waals surface area contributed by atoms with E-state index in [1.54, 1.807) is 0 Å². The van der Waals surface area contributed by atoms with Gasteiger partial charge in [-0.1, -0.05) is 61.2 Å². The molecule has 26 heavy (non-hydrogen) atoms. The van der Waals surface area contributed by atoms with Crippen molar-refractivity contribution in [1.29, 1.82) is 0 Å². The fraction of sp³-hybridized carbons (Fsp3) is 0.364. The van der Waals surface area contributed by atoms with Crippen molar-refractivity contribution in [2.24, 2.45) is 5.73 Å². The van der Waals surface area contributed by atoms with Gasteiger partial charge in [-0.2, -0.15) is 0 Å². The van der Waals surface area contributed by atoms with Gasteiger partial charge in [0, 0.05) is 16.2 Å². The molecule has 1 saturated carbocycles. The van der Waals surface area contributed by atoms with Crippen molar-refractivity contribution < 1.29 is 9.78 Å². The zero-order valence-electron chi connectivity index (χ0n) is 15.1. The number of hydrogen-bond acceptors (Lipinski definition) is 3. The number of aryl methyl sites for hydroxylation is 1. The molecule has 0 unspecified atom stereocenters. The van der Waals surface area contributed by atoms with Crippen molar-refractivity contribution >= 4 is 17.2 Å². The van der Waals surface area contributed by atoms with E-state index in [0.29, 0.717) is 6.61 Å². The number of nitrogens with two attached hydrogens (primary N) is 1. The van der Waals surface area contributed by atoms with E-state index in [9.17, 15) is 0 Å². The topological polar surface area (TPSA) is 44.5 Å². The lowest BCUT2D eigenvalue weighted by Gasteiger charge is -2.40. The Morgan fingerprint density at radius 2 is 1.73 bits per heavy atom. The first-order chi connectivity index (χ1) is 12.6. The zero-order valence-corrected chi connectivity index (χ0v) is 15.8. The fourth-order valence-corrected chi connectivity index (χ4v) is 4.42. The normalized spacial score (nSPS) is 19.8. The smallest absolute Gasteiger partial charge is 0.143 e. The highest BCUT2D eigenvalue weighted by atomic mass is 35.5. The van der Waals surface area contributed by atoms with Gasteiger partial charge in [-0.05, 0) is 48.6 Å². The molecule has 1 aliphatic carbocycles. The van der Waals surface area contributed by atoms with Crippen molar-refractivity contribution in [1.82, 2.24) is 0 Å². The lowest BCUT2D eigenvalue weighted by molar-refractivity contribution is -0.356. The SMILES string of the molecule is Cc1cc(-c2ccccc2)c(Cl)cc1C1=C(N)C2(CCCCC2)OOC1. The Kier molecular flexibility index (Phi) is 4.78. The molecule has 1 aliphatic heterocycles. The molecule has 0 atom stereocenters. The van der Waals surface area contributed by atoms with Gasteiger partial charge in [-0.25, -0.2) is 9.78 Å². The van der Waals surface area contributed by atoms with Crippen LogP contribution in [0.25, 0.3) is 16.7 Å². The molecule has 1 heterocycles. The third kappa shape index (κ3) is 3.05. The lowest BCUT2D eigenvalue weighted by Crippen LogP contribution is -2.44. The minimum absolute atomic E-state index is 0.357. The van der Waals surface area contributed by atoms with Gasteiger partial charge in [0.1, 0.15) is 12.2 Å². The predicted molar refractivity (Wildman–Crippen MR) is 106 cm³/mol. The molecule has 2 aliphatic rings. The third-order valence-electron chi connectivity index (χ3n) is 5.62. The standard InChI is InChI=1S/C22H24ClNO2/c1-15-12-18(16-8-4-2-5-9-16)20(23)13-17(15)19-14-25-26-22(21(19)24)10-6-3-7-11-22/h2,4-5,8-9,12-13H,3,6-7,10-11,14,24H2,1H3. The average molecular weight is 370 g/mol. The van der Waals surface area contributed by atoms with Crippen LogP contribution in [0.1, 0.15) is 43.2 Å². The second-order valence-corrected chi connectivity index (χ2v) is 7.71. The van der Waals surface area contributed by atoms with Crippen molar-refractivity contribution in [3.63, 3.8) is 0 Å². The summed E-state index contributed by atoms with van der Waals surface area (Å²) in [6.45, 7) is 2.46. The molecule has 0 radical (unpaired) electrons. The molecule has 0 aromatic heterocycles. The van der Waals surface area contributed by atoms with Gasteiger partial charge in [-0.15, -0.1) is 0 Å². The van der Waals surface area contributed by atoms with Crippen LogP contribution in [0.2, 0.25) is 5.02 Å². The van der Waals surface area contributed by atoms with Crippen LogP contribution in [-0.4, -0.2) is 12.2 Å². The minimum atomic E-state index is -0.469. The molecule has 4 heteroatoms. The summed E-state index contributed by atoms with van der Waals surface area (Å²) in [5.74, 6) is 0. The van der Waals surface area contributed by atoms with Gasteiger partial charge in [-0.3, -0.25) is 0 Å². The average Bonchev–Trinajstić information content (AvgIpc) is 2.67. The Labute approximate surface area is 159 Å². The summed E-state index contributed by atoms with van der Waals surface area (Å²) in [6.07, 6.45) is 5.28. The van der Waals surface area contributed by atoms with Crippen LogP contribution in [0.3, 0.4) is 0 Å². The second-order valence-electron chi connectivity index (χ2n) is 7.31. The first-order valence-electron chi connectivity index (χ1n) is 9.26. The first kappa shape index (κ1) is 17.6. The highest BCUT2D eigenvalue weighted by Gasteiger charge is 2.41. The lowest BCUT2D eigenvalue weighted by atomic mass is 9.79. The van der Waals surface area contributed by atoms with E-state index in [1.165, 1.54) is 6.42 Å². The fourth-order valence-electron chi connectivity index (χ4n) is 4.14. The Morgan fingerprint density at radius 1 is 1.00 bits per heavy atom. The highest BCUT2D eigenvalue weighted by molar-refractivity contribution is 6.33. The molecule has 2 N–H and O–H groups in total. The molecule has 0 saturated heterocycles.